The van der Waals surface area contributed by atoms with Gasteiger partial charge in [-0.05, 0) is 46.1 Å². The zero-order valence-electron chi connectivity index (χ0n) is 25.1. The van der Waals surface area contributed by atoms with E-state index in [0.29, 0.717) is 12.8 Å². The average molecular weight is 581 g/mol. The molecule has 0 radical (unpaired) electrons. The van der Waals surface area contributed by atoms with Crippen molar-refractivity contribution in [2.45, 2.75) is 141 Å². The Kier molecular flexibility index (Phi) is 8.41. The summed E-state index contributed by atoms with van der Waals surface area (Å²) in [6.45, 7) is 11.0. The highest BCUT2D eigenvalue weighted by atomic mass is 16.7. The number of carbonyl (C=O) groups excluding carboxylic acids is 4. The van der Waals surface area contributed by atoms with Crippen molar-refractivity contribution in [1.82, 2.24) is 0 Å². The summed E-state index contributed by atoms with van der Waals surface area (Å²) in [5, 5.41) is 24.6. The molecule has 4 rings (SSSR count). The van der Waals surface area contributed by atoms with Crippen molar-refractivity contribution < 1.29 is 53.1 Å². The van der Waals surface area contributed by atoms with Crippen LogP contribution in [0.5, 0.6) is 0 Å². The first-order valence-corrected chi connectivity index (χ1v) is 14.6. The minimum Gasteiger partial charge on any atom is -0.462 e. The molecule has 2 heterocycles. The molecule has 41 heavy (non-hydrogen) atoms. The molecule has 10 unspecified atom stereocenters. The third kappa shape index (κ3) is 5.07. The molecule has 11 nitrogen and oxygen atoms in total. The van der Waals surface area contributed by atoms with E-state index in [-0.39, 0.29) is 19.3 Å². The van der Waals surface area contributed by atoms with E-state index >= 15 is 0 Å². The van der Waals surface area contributed by atoms with Gasteiger partial charge in [0.2, 0.25) is 0 Å². The molecule has 230 valence electrons. The number of ether oxygens (including phenoxy) is 5. The predicted octanol–water partition coefficient (Wildman–Crippen LogP) is 2.67. The van der Waals surface area contributed by atoms with Crippen molar-refractivity contribution in [3.05, 3.63) is 11.6 Å². The molecular formula is C30H44O11. The van der Waals surface area contributed by atoms with E-state index in [4.69, 9.17) is 23.7 Å². The maximum absolute atomic E-state index is 12.9. The van der Waals surface area contributed by atoms with Gasteiger partial charge in [0.1, 0.15) is 23.9 Å². The van der Waals surface area contributed by atoms with Crippen molar-refractivity contribution in [1.29, 1.82) is 0 Å². The fourth-order valence-corrected chi connectivity index (χ4v) is 7.54. The van der Waals surface area contributed by atoms with E-state index in [1.807, 2.05) is 13.8 Å². The highest BCUT2D eigenvalue weighted by molar-refractivity contribution is 5.89. The van der Waals surface area contributed by atoms with Crippen LogP contribution in [0.25, 0.3) is 0 Å². The smallest absolute Gasteiger partial charge is 0.342 e. The summed E-state index contributed by atoms with van der Waals surface area (Å²) in [6.07, 6.45) is -0.919. The quantitative estimate of drug-likeness (QED) is 0.150. The standard InChI is InChI=1S/C30H44O11/c1-8-9-10-11-23(33)39-21-15-20(38-18(4)32)27(5)19(37-17(3)31)13-12-16(2)14-22-30(25(34)24(27)28(21,6)36)29(7,41-30)26(35)40-22/h14,19-22,24-25,34,36H,8-13,15H2,1-7H3. The Hall–Kier alpha value is -2.50. The van der Waals surface area contributed by atoms with Crippen LogP contribution < -0.4 is 0 Å². The Morgan fingerprint density at radius 3 is 2.24 bits per heavy atom. The lowest BCUT2D eigenvalue weighted by atomic mass is 9.51. The summed E-state index contributed by atoms with van der Waals surface area (Å²) in [4.78, 5) is 50.6. The molecule has 2 aliphatic heterocycles. The number of hydrogen-bond acceptors (Lipinski definition) is 11. The number of aliphatic hydroxyl groups is 2. The van der Waals surface area contributed by atoms with Crippen LogP contribution in [0.1, 0.15) is 93.4 Å². The first kappa shape index (κ1) is 31.4. The molecule has 10 atom stereocenters. The van der Waals surface area contributed by atoms with Crippen molar-refractivity contribution in [2.75, 3.05) is 0 Å². The number of aliphatic hydroxyl groups excluding tert-OH is 1. The van der Waals surface area contributed by atoms with Crippen LogP contribution in [-0.4, -0.2) is 81.4 Å². The number of hydrogen-bond donors (Lipinski definition) is 2. The van der Waals surface area contributed by atoms with E-state index in [1.54, 1.807) is 13.0 Å². The summed E-state index contributed by atoms with van der Waals surface area (Å²) in [7, 11) is 0. The number of epoxide rings is 1. The van der Waals surface area contributed by atoms with Gasteiger partial charge in [0, 0.05) is 32.6 Å². The minimum absolute atomic E-state index is 0.0949. The van der Waals surface area contributed by atoms with Gasteiger partial charge in [-0.2, -0.15) is 0 Å². The lowest BCUT2D eigenvalue weighted by Gasteiger charge is -2.59. The Morgan fingerprint density at radius 1 is 1.02 bits per heavy atom. The second-order valence-corrected chi connectivity index (χ2v) is 12.7. The van der Waals surface area contributed by atoms with Gasteiger partial charge < -0.3 is 33.9 Å². The third-order valence-corrected chi connectivity index (χ3v) is 9.76. The van der Waals surface area contributed by atoms with Crippen LogP contribution in [0.3, 0.4) is 0 Å². The van der Waals surface area contributed by atoms with Crippen LogP contribution in [0.15, 0.2) is 11.6 Å². The third-order valence-electron chi connectivity index (χ3n) is 9.76. The predicted molar refractivity (Wildman–Crippen MR) is 143 cm³/mol. The Morgan fingerprint density at radius 2 is 1.66 bits per heavy atom. The highest BCUT2D eigenvalue weighted by Gasteiger charge is 2.87. The number of rotatable bonds is 7. The molecular weight excluding hydrogens is 536 g/mol. The van der Waals surface area contributed by atoms with Gasteiger partial charge >= 0.3 is 23.9 Å². The molecule has 4 aliphatic rings. The van der Waals surface area contributed by atoms with E-state index < -0.39 is 82.5 Å². The Balaban J connectivity index is 1.88. The molecule has 0 amide bonds. The van der Waals surface area contributed by atoms with E-state index in [0.717, 1.165) is 18.4 Å². The maximum atomic E-state index is 12.9. The topological polar surface area (TPSA) is 158 Å². The maximum Gasteiger partial charge on any atom is 0.342 e. The van der Waals surface area contributed by atoms with Gasteiger partial charge in [-0.3, -0.25) is 14.4 Å². The molecule has 0 bridgehead atoms. The van der Waals surface area contributed by atoms with Crippen LogP contribution in [-0.2, 0) is 42.9 Å². The SMILES string of the molecule is CCCCCC(=O)OC1CC(OC(C)=O)C2(C)C(OC(C)=O)CCC(C)=CC3OC(=O)C4(C)OC34C(O)C2C1(C)O. The molecule has 11 heteroatoms. The van der Waals surface area contributed by atoms with E-state index in [2.05, 4.69) is 0 Å². The normalized spacial score (nSPS) is 43.3. The number of unbranched alkanes of at least 4 members (excludes halogenated alkanes) is 2. The molecule has 2 aliphatic carbocycles. The summed E-state index contributed by atoms with van der Waals surface area (Å²) in [5.74, 6) is -3.65. The van der Waals surface area contributed by atoms with Gasteiger partial charge in [-0.1, -0.05) is 32.3 Å². The number of esters is 4. The van der Waals surface area contributed by atoms with Gasteiger partial charge in [0.15, 0.2) is 17.3 Å². The number of fused-ring (bicyclic) bond motifs is 1. The van der Waals surface area contributed by atoms with Gasteiger partial charge in [-0.25, -0.2) is 4.79 Å². The zero-order chi connectivity index (χ0) is 30.5. The van der Waals surface area contributed by atoms with Gasteiger partial charge in [-0.15, -0.1) is 0 Å². The lowest BCUT2D eigenvalue weighted by molar-refractivity contribution is -0.274. The molecule has 2 N–H and O–H groups in total. The van der Waals surface area contributed by atoms with Crippen molar-refractivity contribution in [3.8, 4) is 0 Å². The monoisotopic (exact) mass is 580 g/mol. The van der Waals surface area contributed by atoms with Crippen LogP contribution in [0, 0.1) is 11.3 Å². The van der Waals surface area contributed by atoms with Crippen LogP contribution in [0.4, 0.5) is 0 Å². The van der Waals surface area contributed by atoms with E-state index in [9.17, 15) is 29.4 Å². The molecule has 0 aromatic carbocycles. The average Bonchev–Trinajstić information content (AvgIpc) is 3.45. The minimum atomic E-state index is -1.93. The summed E-state index contributed by atoms with van der Waals surface area (Å²) in [5.41, 5.74) is -5.59. The lowest BCUT2D eigenvalue weighted by Crippen LogP contribution is -2.72. The first-order valence-electron chi connectivity index (χ1n) is 14.6. The van der Waals surface area contributed by atoms with Crippen molar-refractivity contribution in [2.24, 2.45) is 11.3 Å². The van der Waals surface area contributed by atoms with Crippen molar-refractivity contribution in [3.63, 3.8) is 0 Å². The molecule has 2 saturated heterocycles. The van der Waals surface area contributed by atoms with Crippen LogP contribution >= 0.6 is 0 Å². The largest absolute Gasteiger partial charge is 0.462 e. The zero-order valence-corrected chi connectivity index (χ0v) is 25.1. The molecule has 1 spiro atoms. The van der Waals surface area contributed by atoms with Gasteiger partial charge in [0.05, 0.1) is 11.5 Å². The van der Waals surface area contributed by atoms with Crippen LogP contribution in [0.2, 0.25) is 0 Å². The molecule has 0 aromatic heterocycles. The number of allylic oxidation sites excluding steroid dienone is 1. The second-order valence-electron chi connectivity index (χ2n) is 12.7. The first-order chi connectivity index (χ1) is 19.0. The van der Waals surface area contributed by atoms with Gasteiger partial charge in [0.25, 0.3) is 0 Å². The fourth-order valence-electron chi connectivity index (χ4n) is 7.54. The summed E-state index contributed by atoms with van der Waals surface area (Å²) >= 11 is 0. The highest BCUT2D eigenvalue weighted by Crippen LogP contribution is 2.65. The molecule has 1 saturated carbocycles. The number of carbonyl (C=O) groups is 4. The Bertz CT molecular complexity index is 1110. The summed E-state index contributed by atoms with van der Waals surface area (Å²) in [6, 6.07) is 0. The summed E-state index contributed by atoms with van der Waals surface area (Å²) < 4.78 is 29.2. The molecule has 3 fully saturated rings. The Labute approximate surface area is 240 Å². The molecule has 0 aromatic rings. The van der Waals surface area contributed by atoms with E-state index in [1.165, 1.54) is 27.7 Å². The van der Waals surface area contributed by atoms with Crippen molar-refractivity contribution >= 4 is 23.9 Å². The second kappa shape index (κ2) is 11.0. The fraction of sp³-hybridized carbons (Fsp3) is 0.800.